The number of rotatable bonds is 14. The molecule has 7 nitrogen and oxygen atoms in total. The number of allylic oxidation sites excluding steroid dienone is 1. The van der Waals surface area contributed by atoms with Gasteiger partial charge in [0.05, 0.1) is 5.97 Å². The second kappa shape index (κ2) is 16.5. The second-order valence-electron chi connectivity index (χ2n) is 5.87. The molecule has 0 aliphatic heterocycles. The predicted molar refractivity (Wildman–Crippen MR) is 85.3 cm³/mol. The molecule has 0 aromatic heterocycles. The van der Waals surface area contributed by atoms with Crippen LogP contribution in [-0.4, -0.2) is 29.7 Å². The van der Waals surface area contributed by atoms with Crippen molar-refractivity contribution in [2.24, 2.45) is 0 Å². The van der Waals surface area contributed by atoms with E-state index >= 15 is 0 Å². The van der Waals surface area contributed by atoms with E-state index in [1.807, 2.05) is 0 Å². The van der Waals surface area contributed by atoms with Gasteiger partial charge in [-0.1, -0.05) is 64.0 Å². The van der Waals surface area contributed by atoms with Crippen LogP contribution >= 0.6 is 0 Å². The van der Waals surface area contributed by atoms with E-state index in [2.05, 4.69) is 6.92 Å². The van der Waals surface area contributed by atoms with Crippen molar-refractivity contribution in [3.63, 3.8) is 0 Å². The van der Waals surface area contributed by atoms with Crippen molar-refractivity contribution >= 4 is 22.1 Å². The third-order valence-electron chi connectivity index (χ3n) is 3.82. The van der Waals surface area contributed by atoms with E-state index in [0.717, 1.165) is 19.3 Å². The van der Waals surface area contributed by atoms with Crippen molar-refractivity contribution in [1.82, 2.24) is 0 Å². The van der Waals surface area contributed by atoms with Crippen LogP contribution in [0.1, 0.15) is 71.1 Å². The summed E-state index contributed by atoms with van der Waals surface area (Å²) in [6.07, 6.45) is 9.46. The molecule has 26 heavy (non-hydrogen) atoms. The van der Waals surface area contributed by atoms with Gasteiger partial charge in [0.25, 0.3) is 10.1 Å². The summed E-state index contributed by atoms with van der Waals surface area (Å²) in [5, 5.41) is 21.7. The van der Waals surface area contributed by atoms with Crippen molar-refractivity contribution in [1.29, 1.82) is 0 Å². The smallest absolute Gasteiger partial charge is 0.550 e. The molecule has 1 unspecified atom stereocenters. The Hall–Kier alpha value is 0.590. The number of carboxylic acids is 2. The van der Waals surface area contributed by atoms with Crippen LogP contribution < -0.4 is 69.3 Å². The van der Waals surface area contributed by atoms with E-state index in [1.165, 1.54) is 31.8 Å². The van der Waals surface area contributed by atoms with Gasteiger partial charge >= 0.3 is 59.1 Å². The molecule has 0 aliphatic carbocycles. The van der Waals surface area contributed by atoms with Crippen LogP contribution in [0, 0.1) is 0 Å². The molecule has 0 saturated heterocycles. The predicted octanol–water partition coefficient (Wildman–Crippen LogP) is -5.40. The zero-order chi connectivity index (χ0) is 18.6. The van der Waals surface area contributed by atoms with Crippen molar-refractivity contribution in [3.05, 3.63) is 12.2 Å². The van der Waals surface area contributed by atoms with Gasteiger partial charge in [0.15, 0.2) is 4.75 Å². The van der Waals surface area contributed by atoms with Crippen molar-refractivity contribution in [2.45, 2.75) is 75.9 Å². The normalized spacial score (nSPS) is 13.5. The maximum Gasteiger partial charge on any atom is 1.00 e. The van der Waals surface area contributed by atoms with Crippen LogP contribution in [0.2, 0.25) is 0 Å². The Morgan fingerprint density at radius 3 is 1.81 bits per heavy atom. The zero-order valence-electron chi connectivity index (χ0n) is 16.0. The molecule has 1 atom stereocenters. The molecule has 0 bridgehead atoms. The van der Waals surface area contributed by atoms with Gasteiger partial charge in [-0.05, 0) is 12.8 Å². The quantitative estimate of drug-likeness (QED) is 0.131. The zero-order valence-corrected chi connectivity index (χ0v) is 20.8. The molecular weight excluding hydrogens is 382 g/mol. The number of carbonyl (C=O) groups is 2. The average molecular weight is 408 g/mol. The molecule has 0 spiro atoms. The number of hydrogen-bond donors (Lipinski definition) is 1. The molecule has 0 aromatic rings. The Balaban J connectivity index is -0.00000264. The maximum absolute atomic E-state index is 11.3. The van der Waals surface area contributed by atoms with Gasteiger partial charge in [-0.3, -0.25) is 4.55 Å². The summed E-state index contributed by atoms with van der Waals surface area (Å²) in [5.41, 5.74) is 0. The number of carbonyl (C=O) groups excluding carboxylic acids is 2. The van der Waals surface area contributed by atoms with Crippen LogP contribution in [0.15, 0.2) is 12.2 Å². The van der Waals surface area contributed by atoms with Crippen molar-refractivity contribution in [3.8, 4) is 0 Å². The van der Waals surface area contributed by atoms with Gasteiger partial charge in [-0.25, -0.2) is 0 Å². The summed E-state index contributed by atoms with van der Waals surface area (Å²) in [6.45, 7) is 2.14. The van der Waals surface area contributed by atoms with Gasteiger partial charge < -0.3 is 19.8 Å². The monoisotopic (exact) mass is 408 g/mol. The van der Waals surface area contributed by atoms with Crippen LogP contribution in [0.25, 0.3) is 0 Å². The second-order valence-corrected chi connectivity index (χ2v) is 7.55. The Morgan fingerprint density at radius 1 is 0.962 bits per heavy atom. The van der Waals surface area contributed by atoms with Gasteiger partial charge in [0, 0.05) is 12.4 Å². The summed E-state index contributed by atoms with van der Waals surface area (Å²) in [7, 11) is -5.20. The fraction of sp³-hybridized carbons (Fsp3) is 0.750. The Bertz CT molecular complexity index is 535. The Morgan fingerprint density at radius 2 is 1.42 bits per heavy atom. The number of hydrogen-bond acceptors (Lipinski definition) is 6. The molecule has 0 saturated carbocycles. The third-order valence-corrected chi connectivity index (χ3v) is 5.19. The molecule has 0 amide bonds. The van der Waals surface area contributed by atoms with E-state index in [1.54, 1.807) is 0 Å². The molecule has 0 fully saturated rings. The van der Waals surface area contributed by atoms with E-state index in [4.69, 9.17) is 4.55 Å². The minimum Gasteiger partial charge on any atom is -0.550 e. The van der Waals surface area contributed by atoms with Crippen molar-refractivity contribution in [2.75, 3.05) is 0 Å². The minimum atomic E-state index is -5.20. The van der Waals surface area contributed by atoms with Gasteiger partial charge in [-0.15, -0.1) is 0 Å². The van der Waals surface area contributed by atoms with E-state index in [-0.39, 0.29) is 59.1 Å². The largest absolute Gasteiger partial charge is 1.00 e. The van der Waals surface area contributed by atoms with Gasteiger partial charge in [0.1, 0.15) is 0 Å². The first kappa shape index (κ1) is 31.3. The fourth-order valence-corrected chi connectivity index (χ4v) is 3.14. The summed E-state index contributed by atoms with van der Waals surface area (Å²) in [4.78, 5) is 21.7. The summed E-state index contributed by atoms with van der Waals surface area (Å²) in [6, 6.07) is 0. The average Bonchev–Trinajstić information content (AvgIpc) is 2.46. The Labute approximate surface area is 200 Å². The molecule has 0 radical (unpaired) electrons. The molecule has 140 valence electrons. The maximum atomic E-state index is 11.3. The molecule has 0 rings (SSSR count). The molecule has 0 heterocycles. The van der Waals surface area contributed by atoms with Gasteiger partial charge in [-0.2, -0.15) is 8.42 Å². The minimum absolute atomic E-state index is 0. The SMILES string of the molecule is CCCCCCCCCCC=CC(CC(=O)[O-])(C(=O)[O-])S(=O)(=O)O.[Na+].[Na+]. The van der Waals surface area contributed by atoms with Crippen LogP contribution in [-0.2, 0) is 19.7 Å². The van der Waals surface area contributed by atoms with Crippen LogP contribution in [0.4, 0.5) is 0 Å². The molecule has 10 heteroatoms. The first-order chi connectivity index (χ1) is 11.2. The van der Waals surface area contributed by atoms with Crippen molar-refractivity contribution < 1.29 is 91.9 Å². The van der Waals surface area contributed by atoms with E-state index in [9.17, 15) is 28.2 Å². The van der Waals surface area contributed by atoms with Gasteiger partial charge in [0.2, 0.25) is 0 Å². The molecular formula is C16H26Na2O7S. The van der Waals surface area contributed by atoms with Crippen LogP contribution in [0.3, 0.4) is 0 Å². The number of unbranched alkanes of at least 4 members (excludes halogenated alkanes) is 8. The summed E-state index contributed by atoms with van der Waals surface area (Å²) >= 11 is 0. The van der Waals surface area contributed by atoms with Crippen LogP contribution in [0.5, 0.6) is 0 Å². The summed E-state index contributed by atoms with van der Waals surface area (Å²) in [5.74, 6) is -4.10. The number of aliphatic carboxylic acids is 2. The molecule has 0 aromatic carbocycles. The first-order valence-corrected chi connectivity index (χ1v) is 9.67. The standard InChI is InChI=1S/C16H28O7S.2Na/c1-2-3-4-5-6-7-8-9-10-11-12-16(15(19)20,13-14(17)18)24(21,22)23;;/h11-12H,2-10,13H2,1H3,(H,17,18)(H,19,20)(H,21,22,23);;/q;2*+1/p-2. The fourth-order valence-electron chi connectivity index (χ4n) is 2.37. The summed E-state index contributed by atoms with van der Waals surface area (Å²) < 4.78 is 28.7. The Kier molecular flexibility index (Phi) is 19.9. The number of carboxylic acid groups (broad SMARTS) is 2. The first-order valence-electron chi connectivity index (χ1n) is 8.23. The molecule has 0 aliphatic rings. The van der Waals surface area contributed by atoms with E-state index < -0.39 is 33.2 Å². The topological polar surface area (TPSA) is 135 Å². The third kappa shape index (κ3) is 12.1. The molecule has 1 N–H and O–H groups in total. The van der Waals surface area contributed by atoms with E-state index in [0.29, 0.717) is 18.9 Å².